The molecule has 0 amide bonds. The number of ether oxygens (including phenoxy) is 5. The number of cyclic esters (lactones) is 1. The Labute approximate surface area is 247 Å². The first kappa shape index (κ1) is 29.7. The van der Waals surface area contributed by atoms with Crippen molar-refractivity contribution in [1.82, 2.24) is 0 Å². The maximum atomic E-state index is 14.2. The lowest BCUT2D eigenvalue weighted by Gasteiger charge is -2.74. The molecule has 2 bridgehead atoms. The molecule has 43 heavy (non-hydrogen) atoms. The molecule has 0 spiro atoms. The zero-order valence-electron chi connectivity index (χ0n) is 24.6. The molecule has 1 aromatic carbocycles. The fraction of sp³-hybridized carbons (Fsp3) is 0.613. The van der Waals surface area contributed by atoms with E-state index >= 15 is 0 Å². The number of hydrogen-bond donors (Lipinski definition) is 3. The third-order valence-electron chi connectivity index (χ3n) is 10.7. The van der Waals surface area contributed by atoms with Crippen LogP contribution in [0.1, 0.15) is 57.8 Å². The zero-order valence-corrected chi connectivity index (χ0v) is 24.6. The summed E-state index contributed by atoms with van der Waals surface area (Å²) in [6, 6.07) is 8.14. The Balaban J connectivity index is 1.71. The molecular weight excluding hydrogens is 564 g/mol. The van der Waals surface area contributed by atoms with Crippen LogP contribution in [0.2, 0.25) is 0 Å². The van der Waals surface area contributed by atoms with E-state index in [1.807, 2.05) is 0 Å². The second-order valence-corrected chi connectivity index (χ2v) is 12.9. The van der Waals surface area contributed by atoms with Gasteiger partial charge < -0.3 is 39.0 Å². The smallest absolute Gasteiger partial charge is 0.343 e. The monoisotopic (exact) mass is 600 g/mol. The Hall–Kier alpha value is -3.32. The summed E-state index contributed by atoms with van der Waals surface area (Å²) in [5.74, 6) is -4.74. The van der Waals surface area contributed by atoms with Gasteiger partial charge in [-0.2, -0.15) is 0 Å². The van der Waals surface area contributed by atoms with Gasteiger partial charge in [-0.15, -0.1) is 0 Å². The van der Waals surface area contributed by atoms with Gasteiger partial charge in [-0.05, 0) is 50.5 Å². The van der Waals surface area contributed by atoms with E-state index in [2.05, 4.69) is 0 Å². The Morgan fingerprint density at radius 1 is 1.07 bits per heavy atom. The van der Waals surface area contributed by atoms with Gasteiger partial charge in [-0.1, -0.05) is 18.2 Å². The first-order valence-corrected chi connectivity index (χ1v) is 14.3. The summed E-state index contributed by atoms with van der Waals surface area (Å²) in [6.07, 6.45) is -5.44. The Bertz CT molecular complexity index is 1440. The van der Waals surface area contributed by atoms with Crippen LogP contribution < -0.4 is 0 Å². The third kappa shape index (κ3) is 3.51. The van der Waals surface area contributed by atoms with Crippen molar-refractivity contribution in [2.24, 2.45) is 16.7 Å². The minimum Gasteiger partial charge on any atom is -0.465 e. The van der Waals surface area contributed by atoms with E-state index in [1.54, 1.807) is 51.1 Å². The van der Waals surface area contributed by atoms with Gasteiger partial charge in [0.25, 0.3) is 0 Å². The summed E-state index contributed by atoms with van der Waals surface area (Å²) >= 11 is 0. The van der Waals surface area contributed by atoms with E-state index in [0.717, 1.165) is 6.92 Å². The molecular formula is C31H36O12. The molecule has 0 radical (unpaired) electrons. The first-order valence-electron chi connectivity index (χ1n) is 14.3. The molecule has 5 aliphatic rings. The van der Waals surface area contributed by atoms with Crippen LogP contribution in [-0.2, 0) is 38.1 Å². The van der Waals surface area contributed by atoms with Crippen molar-refractivity contribution < 1.29 is 58.2 Å². The maximum absolute atomic E-state index is 14.2. The SMILES string of the molecule is CC(=O)OCC12C(O)CC3OCC3(OC(C)=O)C1C(OC(=O)c1ccccc1)C13CC(O)C(C)=C1C2(O)C(=O)OC3(C)C. The zero-order chi connectivity index (χ0) is 31.3. The van der Waals surface area contributed by atoms with Gasteiger partial charge >= 0.3 is 23.9 Å². The molecule has 2 aliphatic heterocycles. The number of benzene rings is 1. The molecule has 12 nitrogen and oxygen atoms in total. The van der Waals surface area contributed by atoms with Crippen molar-refractivity contribution in [3.05, 3.63) is 47.0 Å². The van der Waals surface area contributed by atoms with Crippen LogP contribution >= 0.6 is 0 Å². The van der Waals surface area contributed by atoms with Gasteiger partial charge in [0.1, 0.15) is 24.4 Å². The quantitative estimate of drug-likeness (QED) is 0.249. The number of hydrogen-bond acceptors (Lipinski definition) is 12. The number of rotatable bonds is 5. The standard InChI is InChI=1S/C31H36O12/c1-15-19(34)12-28-22(15)31(38,26(37)43-27(28,4)5)29(13-39-16(2)32)20(35)11-21-30(14-40-21,42-17(3)33)23(29)24(28)41-25(36)18-9-7-6-8-10-18/h6-10,19-21,23-24,34-35,38H,11-14H2,1-5H3. The molecule has 2 saturated carbocycles. The minimum atomic E-state index is -2.69. The van der Waals surface area contributed by atoms with Gasteiger partial charge in [0, 0.05) is 20.3 Å². The average molecular weight is 601 g/mol. The topological polar surface area (TPSA) is 175 Å². The Morgan fingerprint density at radius 2 is 1.74 bits per heavy atom. The third-order valence-corrected chi connectivity index (χ3v) is 10.7. The fourth-order valence-electron chi connectivity index (χ4n) is 8.88. The largest absolute Gasteiger partial charge is 0.465 e. The molecule has 12 heteroatoms. The van der Waals surface area contributed by atoms with E-state index in [4.69, 9.17) is 23.7 Å². The van der Waals surface area contributed by atoms with Gasteiger partial charge in [-0.25, -0.2) is 9.59 Å². The second-order valence-electron chi connectivity index (χ2n) is 12.9. The highest BCUT2D eigenvalue weighted by Crippen LogP contribution is 2.75. The molecule has 3 N–H and O–H groups in total. The van der Waals surface area contributed by atoms with Crippen LogP contribution in [0.5, 0.6) is 0 Å². The number of aliphatic hydroxyl groups is 3. The van der Waals surface area contributed by atoms with Crippen molar-refractivity contribution in [3.8, 4) is 0 Å². The van der Waals surface area contributed by atoms with Crippen LogP contribution in [0.3, 0.4) is 0 Å². The molecule has 2 saturated heterocycles. The number of fused-ring (bicyclic) bond motifs is 4. The van der Waals surface area contributed by atoms with Crippen molar-refractivity contribution in [2.75, 3.05) is 13.2 Å². The van der Waals surface area contributed by atoms with Crippen LogP contribution in [0.25, 0.3) is 0 Å². The summed E-state index contributed by atoms with van der Waals surface area (Å²) in [7, 11) is 0. The van der Waals surface area contributed by atoms with Gasteiger partial charge in [0.15, 0.2) is 11.2 Å². The van der Waals surface area contributed by atoms with E-state index in [-0.39, 0.29) is 36.2 Å². The van der Waals surface area contributed by atoms with Gasteiger partial charge in [0.2, 0.25) is 0 Å². The van der Waals surface area contributed by atoms with E-state index in [0.29, 0.717) is 0 Å². The van der Waals surface area contributed by atoms with E-state index in [9.17, 15) is 34.5 Å². The molecule has 232 valence electrons. The van der Waals surface area contributed by atoms with Crippen molar-refractivity contribution in [2.45, 2.75) is 88.7 Å². The molecule has 4 fully saturated rings. The predicted molar refractivity (Wildman–Crippen MR) is 144 cm³/mol. The molecule has 2 heterocycles. The summed E-state index contributed by atoms with van der Waals surface area (Å²) in [5.41, 5.74) is -9.03. The van der Waals surface area contributed by atoms with Crippen molar-refractivity contribution in [3.63, 3.8) is 0 Å². The second kappa shape index (κ2) is 9.34. The molecule has 9 atom stereocenters. The lowest BCUT2D eigenvalue weighted by molar-refractivity contribution is -0.388. The summed E-state index contributed by atoms with van der Waals surface area (Å²) in [4.78, 5) is 53.0. The summed E-state index contributed by atoms with van der Waals surface area (Å²) in [5, 5.41) is 36.3. The number of carbonyl (C=O) groups is 4. The highest BCUT2D eigenvalue weighted by atomic mass is 16.6. The normalized spacial score (nSPS) is 42.0. The van der Waals surface area contributed by atoms with Gasteiger partial charge in [-0.3, -0.25) is 9.59 Å². The van der Waals surface area contributed by atoms with Crippen molar-refractivity contribution >= 4 is 23.9 Å². The summed E-state index contributed by atoms with van der Waals surface area (Å²) < 4.78 is 29.7. The highest BCUT2D eigenvalue weighted by Gasteiger charge is 2.89. The van der Waals surface area contributed by atoms with Crippen LogP contribution in [0.4, 0.5) is 0 Å². The fourth-order valence-corrected chi connectivity index (χ4v) is 8.88. The summed E-state index contributed by atoms with van der Waals surface area (Å²) in [6.45, 7) is 6.15. The Morgan fingerprint density at radius 3 is 2.33 bits per heavy atom. The minimum absolute atomic E-state index is 0.0405. The average Bonchev–Trinajstić information content (AvgIpc) is 3.21. The lowest BCUT2D eigenvalue weighted by Crippen LogP contribution is -2.89. The number of esters is 4. The lowest BCUT2D eigenvalue weighted by atomic mass is 9.37. The highest BCUT2D eigenvalue weighted by molar-refractivity contribution is 5.92. The number of carbonyl (C=O) groups excluding carboxylic acids is 4. The van der Waals surface area contributed by atoms with E-state index in [1.165, 1.54) is 6.92 Å². The van der Waals surface area contributed by atoms with Crippen molar-refractivity contribution in [1.29, 1.82) is 0 Å². The molecule has 0 aromatic heterocycles. The van der Waals surface area contributed by atoms with E-state index < -0.39 is 88.5 Å². The molecule has 1 aromatic rings. The van der Waals surface area contributed by atoms with Crippen LogP contribution in [0, 0.1) is 16.7 Å². The molecule has 3 aliphatic carbocycles. The molecule has 9 unspecified atom stereocenters. The predicted octanol–water partition coefficient (Wildman–Crippen LogP) is 0.991. The van der Waals surface area contributed by atoms with Gasteiger partial charge in [0.05, 0.1) is 41.1 Å². The van der Waals surface area contributed by atoms with Crippen LogP contribution in [-0.4, -0.2) is 93.6 Å². The first-order chi connectivity index (χ1) is 20.1. The number of aliphatic hydroxyl groups excluding tert-OH is 2. The molecule has 6 rings (SSSR count). The van der Waals surface area contributed by atoms with Crippen LogP contribution in [0.15, 0.2) is 41.5 Å². The maximum Gasteiger partial charge on any atom is 0.343 e. The Kier molecular flexibility index (Phi) is 6.46.